The van der Waals surface area contributed by atoms with Crippen molar-refractivity contribution in [2.45, 2.75) is 31.5 Å². The molecule has 0 saturated carbocycles. The first-order chi connectivity index (χ1) is 18.7. The smallest absolute Gasteiger partial charge is 0.227 e. The molecule has 9 heteroatoms. The van der Waals surface area contributed by atoms with E-state index in [2.05, 4.69) is 39.5 Å². The number of rotatable bonds is 1. The molecular formula is C29H32N4O5. The molecule has 2 aromatic carbocycles. The number of anilines is 3. The Bertz CT molecular complexity index is 1320. The number of nitrogens with zero attached hydrogens (tertiary/aromatic N) is 3. The Kier molecular flexibility index (Phi) is 6.27. The lowest BCUT2D eigenvalue weighted by Crippen LogP contribution is -2.45. The van der Waals surface area contributed by atoms with Gasteiger partial charge < -0.3 is 33.9 Å². The van der Waals surface area contributed by atoms with E-state index in [0.717, 1.165) is 78.5 Å². The third-order valence-corrected chi connectivity index (χ3v) is 7.74. The Balaban J connectivity index is 1.19. The maximum Gasteiger partial charge on any atom is 0.227 e. The summed E-state index contributed by atoms with van der Waals surface area (Å²) in [4.78, 5) is 11.9. The van der Waals surface area contributed by atoms with Crippen LogP contribution in [0.5, 0.6) is 11.5 Å². The number of fused-ring (bicyclic) bond motifs is 4. The van der Waals surface area contributed by atoms with E-state index in [4.69, 9.17) is 28.7 Å². The molecule has 198 valence electrons. The fourth-order valence-electron chi connectivity index (χ4n) is 5.74. The first-order valence-electron chi connectivity index (χ1n) is 13.5. The number of piperidine rings is 1. The summed E-state index contributed by atoms with van der Waals surface area (Å²) in [6.07, 6.45) is 5.50. The van der Waals surface area contributed by atoms with Gasteiger partial charge in [-0.1, -0.05) is 6.07 Å². The van der Waals surface area contributed by atoms with Crippen LogP contribution in [0.4, 0.5) is 17.3 Å². The Morgan fingerprint density at radius 1 is 0.816 bits per heavy atom. The van der Waals surface area contributed by atoms with Crippen molar-refractivity contribution in [2.24, 2.45) is 0 Å². The third-order valence-electron chi connectivity index (χ3n) is 7.74. The second-order valence-corrected chi connectivity index (χ2v) is 10.1. The summed E-state index contributed by atoms with van der Waals surface area (Å²) in [7, 11) is 0. The minimum atomic E-state index is -0.415. The van der Waals surface area contributed by atoms with Gasteiger partial charge in [-0.25, -0.2) is 9.97 Å². The normalized spacial score (nSPS) is 20.4. The molecule has 1 N–H and O–H groups in total. The maximum absolute atomic E-state index is 6.26. The molecule has 0 radical (unpaired) electrons. The van der Waals surface area contributed by atoms with Crippen molar-refractivity contribution < 1.29 is 23.7 Å². The first kappa shape index (κ1) is 23.7. The molecule has 0 atom stereocenters. The highest BCUT2D eigenvalue weighted by molar-refractivity contribution is 5.73. The second-order valence-electron chi connectivity index (χ2n) is 10.1. The number of ether oxygens (including phenoxy) is 5. The fraction of sp³-hybridized carbons (Fsp3) is 0.448. The van der Waals surface area contributed by atoms with E-state index in [9.17, 15) is 0 Å². The van der Waals surface area contributed by atoms with Gasteiger partial charge in [0, 0.05) is 49.4 Å². The van der Waals surface area contributed by atoms with Gasteiger partial charge in [-0.15, -0.1) is 0 Å². The zero-order chi connectivity index (χ0) is 25.4. The van der Waals surface area contributed by atoms with Crippen LogP contribution in [-0.4, -0.2) is 68.5 Å². The summed E-state index contributed by atoms with van der Waals surface area (Å²) in [6.45, 7) is 4.91. The predicted molar refractivity (Wildman–Crippen MR) is 142 cm³/mol. The van der Waals surface area contributed by atoms with E-state index in [1.165, 1.54) is 5.56 Å². The van der Waals surface area contributed by atoms with Crippen LogP contribution in [0, 0.1) is 0 Å². The lowest BCUT2D eigenvalue weighted by atomic mass is 9.90. The SMILES string of the molecule is c1cc(N2CCC3(CC2)OCCO3)c2cc1Nc1ncc3c(n1)-c1cc(ccc1CC3)OCCOCCO2. The zero-order valence-electron chi connectivity index (χ0n) is 21.4. The third kappa shape index (κ3) is 4.66. The molecule has 6 bridgehead atoms. The second kappa shape index (κ2) is 10.1. The summed E-state index contributed by atoms with van der Waals surface area (Å²) in [5.41, 5.74) is 6.42. The average molecular weight is 517 g/mol. The summed E-state index contributed by atoms with van der Waals surface area (Å²) >= 11 is 0. The topological polar surface area (TPSA) is 87.2 Å². The van der Waals surface area contributed by atoms with Gasteiger partial charge in [0.05, 0.1) is 37.8 Å². The van der Waals surface area contributed by atoms with Crippen LogP contribution < -0.4 is 19.7 Å². The summed E-state index contributed by atoms with van der Waals surface area (Å²) < 4.78 is 29.9. The molecule has 7 rings (SSSR count). The largest absolute Gasteiger partial charge is 0.491 e. The molecule has 1 spiro atoms. The van der Waals surface area contributed by atoms with Gasteiger partial charge in [0.2, 0.25) is 5.95 Å². The molecule has 1 aliphatic carbocycles. The molecule has 38 heavy (non-hydrogen) atoms. The van der Waals surface area contributed by atoms with Crippen LogP contribution in [0.3, 0.4) is 0 Å². The van der Waals surface area contributed by atoms with Gasteiger partial charge in [0.1, 0.15) is 24.7 Å². The molecule has 0 unspecified atom stereocenters. The van der Waals surface area contributed by atoms with Gasteiger partial charge >= 0.3 is 0 Å². The molecule has 3 aliphatic heterocycles. The van der Waals surface area contributed by atoms with Crippen LogP contribution in [0.15, 0.2) is 42.6 Å². The number of nitrogens with one attached hydrogen (secondary N) is 1. The molecular weight excluding hydrogens is 484 g/mol. The number of aromatic nitrogens is 2. The van der Waals surface area contributed by atoms with Crippen molar-refractivity contribution in [3.8, 4) is 22.8 Å². The van der Waals surface area contributed by atoms with E-state index < -0.39 is 5.79 Å². The Morgan fingerprint density at radius 2 is 1.63 bits per heavy atom. The van der Waals surface area contributed by atoms with Crippen LogP contribution in [0.2, 0.25) is 0 Å². The van der Waals surface area contributed by atoms with E-state index in [0.29, 0.717) is 45.6 Å². The number of hydrogen-bond acceptors (Lipinski definition) is 9. The Morgan fingerprint density at radius 3 is 2.50 bits per heavy atom. The van der Waals surface area contributed by atoms with Crippen LogP contribution in [0.25, 0.3) is 11.3 Å². The number of hydrogen-bond donors (Lipinski definition) is 1. The van der Waals surface area contributed by atoms with Crippen molar-refractivity contribution in [1.29, 1.82) is 0 Å². The van der Waals surface area contributed by atoms with E-state index in [1.807, 2.05) is 18.3 Å². The van der Waals surface area contributed by atoms with E-state index in [-0.39, 0.29) is 0 Å². The standard InChI is InChI=1S/C29H32N4O5/c1-2-21-19-30-28-31-22-4-6-25(33-9-7-29(8-10-33)37-15-16-38-29)26(17-22)36-14-12-34-11-13-35-23-5-3-20(1)24(18-23)27(21)32-28/h3-6,17-19H,1-2,7-16H2,(H,30,31,32). The Hall–Kier alpha value is -3.40. The van der Waals surface area contributed by atoms with Crippen LogP contribution in [-0.2, 0) is 27.1 Å². The van der Waals surface area contributed by atoms with E-state index in [1.54, 1.807) is 0 Å². The minimum Gasteiger partial charge on any atom is -0.491 e. The van der Waals surface area contributed by atoms with Gasteiger partial charge in [-0.05, 0) is 48.2 Å². The van der Waals surface area contributed by atoms with Crippen LogP contribution >= 0.6 is 0 Å². The lowest BCUT2D eigenvalue weighted by Gasteiger charge is -2.39. The van der Waals surface area contributed by atoms with Gasteiger partial charge in [0.15, 0.2) is 5.79 Å². The maximum atomic E-state index is 6.26. The van der Waals surface area contributed by atoms with Gasteiger partial charge in [0.25, 0.3) is 0 Å². The average Bonchev–Trinajstić information content (AvgIpc) is 3.40. The lowest BCUT2D eigenvalue weighted by molar-refractivity contribution is -0.169. The Labute approximate surface area is 222 Å². The van der Waals surface area contributed by atoms with Crippen molar-refractivity contribution >= 4 is 17.3 Å². The minimum absolute atomic E-state index is 0.415. The molecule has 9 nitrogen and oxygen atoms in total. The molecule has 2 fully saturated rings. The summed E-state index contributed by atoms with van der Waals surface area (Å²) in [5, 5.41) is 3.40. The van der Waals surface area contributed by atoms with Crippen molar-refractivity contribution in [3.05, 3.63) is 53.7 Å². The molecule has 4 heterocycles. The predicted octanol–water partition coefficient (Wildman–Crippen LogP) is 4.12. The van der Waals surface area contributed by atoms with Crippen molar-refractivity contribution in [2.75, 3.05) is 62.9 Å². The van der Waals surface area contributed by atoms with Crippen molar-refractivity contribution in [3.63, 3.8) is 0 Å². The first-order valence-corrected chi connectivity index (χ1v) is 13.5. The quantitative estimate of drug-likeness (QED) is 0.513. The fourth-order valence-corrected chi connectivity index (χ4v) is 5.74. The summed E-state index contributed by atoms with van der Waals surface area (Å²) in [5.74, 6) is 1.77. The number of benzene rings is 2. The van der Waals surface area contributed by atoms with E-state index >= 15 is 0 Å². The molecule has 0 amide bonds. The van der Waals surface area contributed by atoms with Gasteiger partial charge in [-0.3, -0.25) is 0 Å². The summed E-state index contributed by atoms with van der Waals surface area (Å²) in [6, 6.07) is 12.4. The van der Waals surface area contributed by atoms with Crippen LogP contribution in [0.1, 0.15) is 24.0 Å². The molecule has 4 aliphatic rings. The molecule has 2 saturated heterocycles. The van der Waals surface area contributed by atoms with Gasteiger partial charge in [-0.2, -0.15) is 0 Å². The highest BCUT2D eigenvalue weighted by atomic mass is 16.7. The van der Waals surface area contributed by atoms with Crippen molar-refractivity contribution in [1.82, 2.24) is 9.97 Å². The zero-order valence-corrected chi connectivity index (χ0v) is 21.4. The molecule has 3 aromatic rings. The monoisotopic (exact) mass is 516 g/mol. The highest BCUT2D eigenvalue weighted by Gasteiger charge is 2.40. The molecule has 1 aromatic heterocycles. The highest BCUT2D eigenvalue weighted by Crippen LogP contribution is 2.39. The number of aryl methyl sites for hydroxylation is 2.